The molecule has 0 unspecified atom stereocenters. The first-order chi connectivity index (χ1) is 15.4. The predicted molar refractivity (Wildman–Crippen MR) is 124 cm³/mol. The smallest absolute Gasteiger partial charge is 0.308 e. The second-order valence-electron chi connectivity index (χ2n) is 8.02. The highest BCUT2D eigenvalue weighted by Gasteiger charge is 2.22. The first-order valence-electron chi connectivity index (χ1n) is 11.2. The molecule has 0 heterocycles. The average Bonchev–Trinajstić information content (AvgIpc) is 2.78. The van der Waals surface area contributed by atoms with Gasteiger partial charge in [-0.3, -0.25) is 14.4 Å². The summed E-state index contributed by atoms with van der Waals surface area (Å²) >= 11 is 0. The molecule has 0 bridgehead atoms. The monoisotopic (exact) mass is 439 g/mol. The molecular formula is C26H33NO5. The van der Waals surface area contributed by atoms with Crippen molar-refractivity contribution in [1.29, 1.82) is 0 Å². The fourth-order valence-electron chi connectivity index (χ4n) is 3.61. The molecule has 0 aliphatic carbocycles. The Morgan fingerprint density at radius 2 is 1.56 bits per heavy atom. The third kappa shape index (κ3) is 8.92. The van der Waals surface area contributed by atoms with Crippen molar-refractivity contribution in [3.8, 4) is 11.1 Å². The standard InChI is InChI=1S/C26H33NO5/c1-3-32-26(31)19(2)17-23(27-24(28)11-7-8-12-25(29)30)18-20-13-15-22(16-14-20)21-9-5-4-6-10-21/h4-6,9-10,13-16,19,23H,3,7-8,11-12,17-18H2,1-2H3,(H,27,28)(H,29,30)/t19-,23+/m1/s1. The topological polar surface area (TPSA) is 92.7 Å². The van der Waals surface area contributed by atoms with E-state index in [-0.39, 0.29) is 36.7 Å². The van der Waals surface area contributed by atoms with Crippen molar-refractivity contribution in [1.82, 2.24) is 5.32 Å². The minimum Gasteiger partial charge on any atom is -0.481 e. The zero-order chi connectivity index (χ0) is 23.3. The Bertz CT molecular complexity index is 864. The molecule has 172 valence electrons. The van der Waals surface area contributed by atoms with E-state index in [1.807, 2.05) is 37.3 Å². The summed E-state index contributed by atoms with van der Waals surface area (Å²) in [5.41, 5.74) is 3.33. The molecule has 0 fully saturated rings. The highest BCUT2D eigenvalue weighted by Crippen LogP contribution is 2.21. The Labute approximate surface area is 190 Å². The second kappa shape index (κ2) is 13.3. The molecule has 2 aromatic carbocycles. The normalized spacial score (nSPS) is 12.6. The van der Waals surface area contributed by atoms with Gasteiger partial charge in [-0.1, -0.05) is 61.5 Å². The predicted octanol–water partition coefficient (Wildman–Crippen LogP) is 4.62. The zero-order valence-corrected chi connectivity index (χ0v) is 18.9. The van der Waals surface area contributed by atoms with Crippen LogP contribution in [0.25, 0.3) is 11.1 Å². The average molecular weight is 440 g/mol. The van der Waals surface area contributed by atoms with Crippen molar-refractivity contribution < 1.29 is 24.2 Å². The summed E-state index contributed by atoms with van der Waals surface area (Å²) in [6.07, 6.45) is 2.38. The number of rotatable bonds is 13. The van der Waals surface area contributed by atoms with Crippen molar-refractivity contribution in [2.75, 3.05) is 6.61 Å². The molecule has 6 heteroatoms. The van der Waals surface area contributed by atoms with Crippen LogP contribution in [0.3, 0.4) is 0 Å². The van der Waals surface area contributed by atoms with E-state index in [2.05, 4.69) is 29.6 Å². The van der Waals surface area contributed by atoms with Crippen LogP contribution in [0.2, 0.25) is 0 Å². The summed E-state index contributed by atoms with van der Waals surface area (Å²) in [5, 5.41) is 11.8. The van der Waals surface area contributed by atoms with Crippen LogP contribution in [-0.2, 0) is 25.5 Å². The van der Waals surface area contributed by atoms with Crippen molar-refractivity contribution in [3.63, 3.8) is 0 Å². The van der Waals surface area contributed by atoms with Crippen molar-refractivity contribution in [2.24, 2.45) is 5.92 Å². The number of carboxylic acid groups (broad SMARTS) is 1. The van der Waals surface area contributed by atoms with Crippen molar-refractivity contribution >= 4 is 17.8 Å². The molecule has 2 atom stereocenters. The molecule has 2 aromatic rings. The lowest BCUT2D eigenvalue weighted by Gasteiger charge is -2.22. The minimum absolute atomic E-state index is 0.0599. The summed E-state index contributed by atoms with van der Waals surface area (Å²) in [6.45, 7) is 3.91. The number of unbranched alkanes of at least 4 members (excludes halogenated alkanes) is 1. The number of nitrogens with one attached hydrogen (secondary N) is 1. The maximum Gasteiger partial charge on any atom is 0.308 e. The zero-order valence-electron chi connectivity index (χ0n) is 18.9. The van der Waals surface area contributed by atoms with Gasteiger partial charge in [-0.05, 0) is 49.3 Å². The van der Waals surface area contributed by atoms with Gasteiger partial charge in [0.2, 0.25) is 5.91 Å². The van der Waals surface area contributed by atoms with E-state index in [4.69, 9.17) is 9.84 Å². The molecule has 6 nitrogen and oxygen atoms in total. The van der Waals surface area contributed by atoms with E-state index in [1.54, 1.807) is 6.92 Å². The van der Waals surface area contributed by atoms with E-state index in [0.717, 1.165) is 16.7 Å². The fourth-order valence-corrected chi connectivity index (χ4v) is 3.61. The van der Waals surface area contributed by atoms with Crippen LogP contribution in [0.5, 0.6) is 0 Å². The lowest BCUT2D eigenvalue weighted by molar-refractivity contribution is -0.148. The molecule has 0 aliphatic rings. The minimum atomic E-state index is -0.856. The Kier molecular flexibility index (Phi) is 10.4. The van der Waals surface area contributed by atoms with Crippen LogP contribution in [0.4, 0.5) is 0 Å². The van der Waals surface area contributed by atoms with E-state index in [9.17, 15) is 14.4 Å². The van der Waals surface area contributed by atoms with Gasteiger partial charge < -0.3 is 15.2 Å². The molecule has 0 spiro atoms. The van der Waals surface area contributed by atoms with Gasteiger partial charge in [0.05, 0.1) is 12.5 Å². The van der Waals surface area contributed by atoms with Crippen LogP contribution in [-0.4, -0.2) is 35.6 Å². The Morgan fingerprint density at radius 3 is 2.19 bits per heavy atom. The number of hydrogen-bond donors (Lipinski definition) is 2. The highest BCUT2D eigenvalue weighted by molar-refractivity contribution is 5.77. The Balaban J connectivity index is 2.02. The number of aliphatic carboxylic acids is 1. The Hall–Kier alpha value is -3.15. The van der Waals surface area contributed by atoms with E-state index < -0.39 is 5.97 Å². The summed E-state index contributed by atoms with van der Waals surface area (Å²) in [4.78, 5) is 35.2. The van der Waals surface area contributed by atoms with Crippen molar-refractivity contribution in [3.05, 3.63) is 60.2 Å². The Morgan fingerprint density at radius 1 is 0.938 bits per heavy atom. The summed E-state index contributed by atoms with van der Waals surface area (Å²) in [7, 11) is 0. The number of carbonyl (C=O) groups excluding carboxylic acids is 2. The first kappa shape index (κ1) is 25.1. The van der Waals surface area contributed by atoms with Crippen LogP contribution >= 0.6 is 0 Å². The maximum absolute atomic E-state index is 12.4. The van der Waals surface area contributed by atoms with Gasteiger partial charge in [0.1, 0.15) is 0 Å². The molecule has 0 aliphatic heterocycles. The molecule has 2 N–H and O–H groups in total. The number of esters is 1. The van der Waals surface area contributed by atoms with Gasteiger partial charge in [0.15, 0.2) is 0 Å². The lowest BCUT2D eigenvalue weighted by atomic mass is 9.94. The number of amides is 1. The first-order valence-corrected chi connectivity index (χ1v) is 11.2. The number of hydrogen-bond acceptors (Lipinski definition) is 4. The summed E-state index contributed by atoms with van der Waals surface area (Å²) in [6, 6.07) is 18.1. The molecule has 32 heavy (non-hydrogen) atoms. The van der Waals surface area contributed by atoms with E-state index >= 15 is 0 Å². The fraction of sp³-hybridized carbons (Fsp3) is 0.423. The highest BCUT2D eigenvalue weighted by atomic mass is 16.5. The van der Waals surface area contributed by atoms with Gasteiger partial charge in [-0.25, -0.2) is 0 Å². The second-order valence-corrected chi connectivity index (χ2v) is 8.02. The molecule has 2 rings (SSSR count). The maximum atomic E-state index is 12.4. The quantitative estimate of drug-likeness (QED) is 0.351. The number of carboxylic acids is 1. The van der Waals surface area contributed by atoms with Gasteiger partial charge in [0.25, 0.3) is 0 Å². The van der Waals surface area contributed by atoms with Gasteiger partial charge in [-0.15, -0.1) is 0 Å². The number of ether oxygens (including phenoxy) is 1. The number of benzene rings is 2. The van der Waals surface area contributed by atoms with Crippen LogP contribution < -0.4 is 5.32 Å². The van der Waals surface area contributed by atoms with Gasteiger partial charge in [0, 0.05) is 18.9 Å². The largest absolute Gasteiger partial charge is 0.481 e. The summed E-state index contributed by atoms with van der Waals surface area (Å²) < 4.78 is 5.12. The third-order valence-corrected chi connectivity index (χ3v) is 5.28. The molecule has 0 aromatic heterocycles. The van der Waals surface area contributed by atoms with E-state index in [0.29, 0.717) is 32.3 Å². The van der Waals surface area contributed by atoms with E-state index in [1.165, 1.54) is 0 Å². The number of carbonyl (C=O) groups is 3. The lowest BCUT2D eigenvalue weighted by Crippen LogP contribution is -2.38. The van der Waals surface area contributed by atoms with Crippen LogP contribution in [0, 0.1) is 5.92 Å². The van der Waals surface area contributed by atoms with Gasteiger partial charge in [-0.2, -0.15) is 0 Å². The molecule has 0 radical (unpaired) electrons. The third-order valence-electron chi connectivity index (χ3n) is 5.28. The SMILES string of the molecule is CCOC(=O)[C@H](C)C[C@@H](Cc1ccc(-c2ccccc2)cc1)NC(=O)CCCCC(=O)O. The van der Waals surface area contributed by atoms with Crippen LogP contribution in [0.15, 0.2) is 54.6 Å². The molecule has 1 amide bonds. The van der Waals surface area contributed by atoms with Gasteiger partial charge >= 0.3 is 11.9 Å². The molecule has 0 saturated heterocycles. The van der Waals surface area contributed by atoms with Crippen molar-refractivity contribution in [2.45, 2.75) is 58.4 Å². The van der Waals surface area contributed by atoms with Crippen LogP contribution in [0.1, 0.15) is 51.5 Å². The molecule has 0 saturated carbocycles. The summed E-state index contributed by atoms with van der Waals surface area (Å²) in [5.74, 6) is -1.59. The molecular weight excluding hydrogens is 406 g/mol.